The molecule has 1 fully saturated rings. The summed E-state index contributed by atoms with van der Waals surface area (Å²) in [6.07, 6.45) is 0. The summed E-state index contributed by atoms with van der Waals surface area (Å²) < 4.78 is 31.8. The molecule has 0 aromatic carbocycles. The number of morpholine rings is 1. The summed E-state index contributed by atoms with van der Waals surface area (Å²) in [6, 6.07) is 0. The average molecular weight is 318 g/mol. The van der Waals surface area contributed by atoms with Gasteiger partial charge in [-0.1, -0.05) is 0 Å². The zero-order valence-corrected chi connectivity index (χ0v) is 12.5. The van der Waals surface area contributed by atoms with Crippen LogP contribution in [0, 0.1) is 6.92 Å². The number of sulfonamides is 1. The Kier molecular flexibility index (Phi) is 4.93. The highest BCUT2D eigenvalue weighted by atomic mass is 32.2. The highest BCUT2D eigenvalue weighted by Crippen LogP contribution is 2.04. The summed E-state index contributed by atoms with van der Waals surface area (Å²) in [5, 5.41) is 0. The van der Waals surface area contributed by atoms with Gasteiger partial charge >= 0.3 is 5.69 Å². The summed E-state index contributed by atoms with van der Waals surface area (Å²) in [7, 11) is -3.96. The molecule has 10 heteroatoms. The van der Waals surface area contributed by atoms with Crippen LogP contribution in [0.4, 0.5) is 0 Å². The molecule has 0 spiro atoms. The van der Waals surface area contributed by atoms with E-state index in [0.29, 0.717) is 19.8 Å². The van der Waals surface area contributed by atoms with E-state index in [0.717, 1.165) is 13.1 Å². The van der Waals surface area contributed by atoms with Gasteiger partial charge in [-0.2, -0.15) is 0 Å². The van der Waals surface area contributed by atoms with Crippen LogP contribution in [-0.4, -0.2) is 62.7 Å². The molecule has 118 valence electrons. The molecule has 2 rings (SSSR count). The molecular weight excluding hydrogens is 300 g/mol. The fourth-order valence-electron chi connectivity index (χ4n) is 2.15. The molecule has 3 N–H and O–H groups in total. The van der Waals surface area contributed by atoms with E-state index in [4.69, 9.17) is 4.74 Å². The smallest absolute Gasteiger partial charge is 0.325 e. The van der Waals surface area contributed by atoms with Gasteiger partial charge in [0, 0.05) is 31.9 Å². The van der Waals surface area contributed by atoms with E-state index in [9.17, 15) is 18.0 Å². The molecule has 1 aliphatic heterocycles. The Balaban J connectivity index is 2.05. The zero-order chi connectivity index (χ0) is 15.5. The number of ether oxygens (including phenoxy) is 1. The maximum Gasteiger partial charge on any atom is 0.325 e. The first-order valence-corrected chi connectivity index (χ1v) is 8.01. The third-order valence-electron chi connectivity index (χ3n) is 3.17. The monoisotopic (exact) mass is 318 g/mol. The van der Waals surface area contributed by atoms with Crippen LogP contribution in [0.3, 0.4) is 0 Å². The third-order valence-corrected chi connectivity index (χ3v) is 4.78. The molecule has 21 heavy (non-hydrogen) atoms. The minimum Gasteiger partial charge on any atom is -0.379 e. The summed E-state index contributed by atoms with van der Waals surface area (Å²) in [6.45, 7) is 4.84. The standard InChI is InChI=1S/C11H18N4O5S/c1-8-9(10(16)14-11(17)13-8)21(18,19)12-2-3-15-4-6-20-7-5-15/h12H,2-7H2,1H3,(H2,13,14,16,17). The van der Waals surface area contributed by atoms with Gasteiger partial charge in [0.25, 0.3) is 5.56 Å². The van der Waals surface area contributed by atoms with Crippen molar-refractivity contribution < 1.29 is 13.2 Å². The summed E-state index contributed by atoms with van der Waals surface area (Å²) in [5.74, 6) is 0. The molecule has 0 amide bonds. The van der Waals surface area contributed by atoms with E-state index in [1.807, 2.05) is 4.98 Å². The average Bonchev–Trinajstić information content (AvgIpc) is 2.38. The Morgan fingerprint density at radius 2 is 1.90 bits per heavy atom. The van der Waals surface area contributed by atoms with Crippen LogP contribution in [0.15, 0.2) is 14.5 Å². The number of nitrogens with one attached hydrogen (secondary N) is 3. The van der Waals surface area contributed by atoms with Crippen molar-refractivity contribution in [1.82, 2.24) is 19.6 Å². The molecule has 0 unspecified atom stereocenters. The first-order chi connectivity index (χ1) is 9.90. The minimum absolute atomic E-state index is 0.0163. The van der Waals surface area contributed by atoms with Crippen LogP contribution in [0.25, 0.3) is 0 Å². The lowest BCUT2D eigenvalue weighted by atomic mass is 10.4. The topological polar surface area (TPSA) is 124 Å². The maximum absolute atomic E-state index is 12.1. The minimum atomic E-state index is -3.96. The van der Waals surface area contributed by atoms with Crippen LogP contribution in [0.1, 0.15) is 5.69 Å². The molecule has 1 aliphatic rings. The van der Waals surface area contributed by atoms with E-state index < -0.39 is 26.2 Å². The van der Waals surface area contributed by atoms with Gasteiger partial charge in [0.2, 0.25) is 10.0 Å². The Labute approximate surface area is 121 Å². The van der Waals surface area contributed by atoms with E-state index in [1.165, 1.54) is 6.92 Å². The molecule has 0 atom stereocenters. The van der Waals surface area contributed by atoms with Crippen molar-refractivity contribution in [3.05, 3.63) is 26.5 Å². The molecule has 0 radical (unpaired) electrons. The largest absolute Gasteiger partial charge is 0.379 e. The maximum atomic E-state index is 12.1. The van der Waals surface area contributed by atoms with Crippen LogP contribution in [0.2, 0.25) is 0 Å². The number of hydrogen-bond acceptors (Lipinski definition) is 6. The SMILES string of the molecule is Cc1[nH]c(=O)[nH]c(=O)c1S(=O)(=O)NCCN1CCOCC1. The fraction of sp³-hybridized carbons (Fsp3) is 0.636. The van der Waals surface area contributed by atoms with Crippen molar-refractivity contribution in [3.63, 3.8) is 0 Å². The van der Waals surface area contributed by atoms with Gasteiger partial charge in [-0.25, -0.2) is 17.9 Å². The van der Waals surface area contributed by atoms with E-state index in [-0.39, 0.29) is 12.2 Å². The summed E-state index contributed by atoms with van der Waals surface area (Å²) in [4.78, 5) is 28.5. The first-order valence-electron chi connectivity index (χ1n) is 6.53. The number of H-pyrrole nitrogens is 2. The molecule has 0 saturated carbocycles. The molecule has 1 saturated heterocycles. The molecule has 0 bridgehead atoms. The van der Waals surface area contributed by atoms with Gasteiger partial charge in [-0.15, -0.1) is 0 Å². The Morgan fingerprint density at radius 1 is 1.24 bits per heavy atom. The lowest BCUT2D eigenvalue weighted by Gasteiger charge is -2.26. The Hall–Kier alpha value is -1.49. The molecule has 2 heterocycles. The van der Waals surface area contributed by atoms with Crippen molar-refractivity contribution in [2.75, 3.05) is 39.4 Å². The lowest BCUT2D eigenvalue weighted by molar-refractivity contribution is 0.0390. The van der Waals surface area contributed by atoms with Gasteiger partial charge in [-0.05, 0) is 6.92 Å². The van der Waals surface area contributed by atoms with Crippen molar-refractivity contribution >= 4 is 10.0 Å². The van der Waals surface area contributed by atoms with Crippen LogP contribution < -0.4 is 16.0 Å². The second-order valence-corrected chi connectivity index (χ2v) is 6.42. The van der Waals surface area contributed by atoms with Gasteiger partial charge in [0.05, 0.1) is 13.2 Å². The van der Waals surface area contributed by atoms with Gasteiger partial charge in [0.1, 0.15) is 0 Å². The van der Waals surface area contributed by atoms with E-state index in [1.54, 1.807) is 0 Å². The second-order valence-electron chi connectivity index (χ2n) is 4.71. The lowest BCUT2D eigenvalue weighted by Crippen LogP contribution is -2.42. The predicted octanol–water partition coefficient (Wildman–Crippen LogP) is -2.02. The summed E-state index contributed by atoms with van der Waals surface area (Å²) >= 11 is 0. The highest BCUT2D eigenvalue weighted by molar-refractivity contribution is 7.89. The molecule has 1 aromatic rings. The van der Waals surface area contributed by atoms with Gasteiger partial charge < -0.3 is 9.72 Å². The normalized spacial score (nSPS) is 17.0. The number of aromatic nitrogens is 2. The molecule has 1 aromatic heterocycles. The number of nitrogens with zero attached hydrogens (tertiary/aromatic N) is 1. The van der Waals surface area contributed by atoms with Crippen molar-refractivity contribution in [2.45, 2.75) is 11.8 Å². The van der Waals surface area contributed by atoms with Crippen LogP contribution in [-0.2, 0) is 14.8 Å². The van der Waals surface area contributed by atoms with Crippen LogP contribution >= 0.6 is 0 Å². The molecule has 9 nitrogen and oxygen atoms in total. The number of aromatic amines is 2. The van der Waals surface area contributed by atoms with Crippen molar-refractivity contribution in [1.29, 1.82) is 0 Å². The highest BCUT2D eigenvalue weighted by Gasteiger charge is 2.22. The number of aryl methyl sites for hydroxylation is 1. The number of hydrogen-bond donors (Lipinski definition) is 3. The van der Waals surface area contributed by atoms with E-state index in [2.05, 4.69) is 14.6 Å². The molecule has 0 aliphatic carbocycles. The predicted molar refractivity (Wildman–Crippen MR) is 74.9 cm³/mol. The van der Waals surface area contributed by atoms with Crippen LogP contribution in [0.5, 0.6) is 0 Å². The van der Waals surface area contributed by atoms with Crippen molar-refractivity contribution in [3.8, 4) is 0 Å². The van der Waals surface area contributed by atoms with E-state index >= 15 is 0 Å². The third kappa shape index (κ3) is 4.00. The first kappa shape index (κ1) is 15.9. The zero-order valence-electron chi connectivity index (χ0n) is 11.6. The fourth-order valence-corrected chi connectivity index (χ4v) is 3.40. The van der Waals surface area contributed by atoms with Gasteiger partial charge in [0.15, 0.2) is 4.90 Å². The Bertz CT molecular complexity index is 702. The quantitative estimate of drug-likeness (QED) is 0.576. The second kappa shape index (κ2) is 6.52. The Morgan fingerprint density at radius 3 is 2.52 bits per heavy atom. The van der Waals surface area contributed by atoms with Gasteiger partial charge in [-0.3, -0.25) is 14.7 Å². The molecular formula is C11H18N4O5S. The summed E-state index contributed by atoms with van der Waals surface area (Å²) in [5.41, 5.74) is -1.64. The van der Waals surface area contributed by atoms with Crippen molar-refractivity contribution in [2.24, 2.45) is 0 Å². The number of rotatable bonds is 5.